The van der Waals surface area contributed by atoms with E-state index in [2.05, 4.69) is 58.9 Å². The Morgan fingerprint density at radius 3 is 2.62 bits per heavy atom. The summed E-state index contributed by atoms with van der Waals surface area (Å²) in [5, 5.41) is 9.85. The molecule has 114 valence electrons. The number of aryl methyl sites for hydroxylation is 1. The average molecular weight is 323 g/mol. The van der Waals surface area contributed by atoms with Gasteiger partial charge in [0.25, 0.3) is 0 Å². The zero-order valence-corrected chi connectivity index (χ0v) is 14.6. The highest BCUT2D eigenvalue weighted by Crippen LogP contribution is 2.17. The average Bonchev–Trinajstić information content (AvgIpc) is 3.08. The molecule has 0 saturated carbocycles. The monoisotopic (exact) mass is 322 g/mol. The van der Waals surface area contributed by atoms with Crippen molar-refractivity contribution in [3.8, 4) is 0 Å². The maximum absolute atomic E-state index is 4.61. The van der Waals surface area contributed by atoms with Crippen LogP contribution in [0, 0.1) is 6.92 Å². The summed E-state index contributed by atoms with van der Waals surface area (Å²) in [6.45, 7) is 7.95. The molecule has 0 aliphatic rings. The number of thiophene rings is 1. The zero-order chi connectivity index (χ0) is 15.2. The summed E-state index contributed by atoms with van der Waals surface area (Å²) in [6, 6.07) is 4.29. The van der Waals surface area contributed by atoms with Crippen molar-refractivity contribution in [2.75, 3.05) is 7.05 Å². The molecule has 21 heavy (non-hydrogen) atoms. The maximum atomic E-state index is 4.61. The summed E-state index contributed by atoms with van der Waals surface area (Å²) in [4.78, 5) is 11.5. The van der Waals surface area contributed by atoms with Gasteiger partial charge < -0.3 is 10.6 Å². The highest BCUT2D eigenvalue weighted by Gasteiger charge is 2.06. The Balaban J connectivity index is 1.82. The molecule has 0 aromatic carbocycles. The van der Waals surface area contributed by atoms with Crippen molar-refractivity contribution in [3.05, 3.63) is 38.0 Å². The van der Waals surface area contributed by atoms with Crippen molar-refractivity contribution in [2.24, 2.45) is 4.99 Å². The molecule has 0 atom stereocenters. The van der Waals surface area contributed by atoms with Gasteiger partial charge in [-0.3, -0.25) is 4.99 Å². The molecule has 0 bridgehead atoms. The predicted octanol–water partition coefficient (Wildman–Crippen LogP) is 3.50. The molecular weight excluding hydrogens is 300 g/mol. The third-order valence-corrected chi connectivity index (χ3v) is 4.89. The van der Waals surface area contributed by atoms with E-state index in [4.69, 9.17) is 0 Å². The summed E-state index contributed by atoms with van der Waals surface area (Å²) >= 11 is 3.50. The van der Waals surface area contributed by atoms with Crippen LogP contribution in [-0.4, -0.2) is 18.0 Å². The van der Waals surface area contributed by atoms with Crippen molar-refractivity contribution in [3.63, 3.8) is 0 Å². The van der Waals surface area contributed by atoms with Gasteiger partial charge in [-0.2, -0.15) is 0 Å². The normalized spacial score (nSPS) is 12.0. The summed E-state index contributed by atoms with van der Waals surface area (Å²) in [6.07, 6.45) is 0. The third-order valence-electron chi connectivity index (χ3n) is 3.02. The van der Waals surface area contributed by atoms with E-state index in [9.17, 15) is 0 Å². The Labute approximate surface area is 134 Å². The molecule has 4 nitrogen and oxygen atoms in total. The van der Waals surface area contributed by atoms with Gasteiger partial charge in [-0.1, -0.05) is 13.8 Å². The van der Waals surface area contributed by atoms with Gasteiger partial charge in [-0.15, -0.1) is 22.7 Å². The van der Waals surface area contributed by atoms with Crippen molar-refractivity contribution in [1.29, 1.82) is 0 Å². The topological polar surface area (TPSA) is 49.3 Å². The standard InChI is InChI=1S/C15H22N4S2/c1-10(2)13-9-20-14(19-13)8-18-15(16-4)17-7-12-6-5-11(3)21-12/h5-6,9-10H,7-8H2,1-4H3,(H2,16,17,18). The summed E-state index contributed by atoms with van der Waals surface area (Å²) in [5.41, 5.74) is 1.16. The first kappa shape index (κ1) is 16.0. The van der Waals surface area contributed by atoms with Crippen LogP contribution in [0.15, 0.2) is 22.5 Å². The fraction of sp³-hybridized carbons (Fsp3) is 0.467. The summed E-state index contributed by atoms with van der Waals surface area (Å²) in [7, 11) is 1.79. The number of nitrogens with zero attached hydrogens (tertiary/aromatic N) is 2. The van der Waals surface area contributed by atoms with E-state index in [1.165, 1.54) is 9.75 Å². The van der Waals surface area contributed by atoms with Crippen LogP contribution in [0.5, 0.6) is 0 Å². The molecule has 0 unspecified atom stereocenters. The highest BCUT2D eigenvalue weighted by molar-refractivity contribution is 7.11. The molecule has 0 fully saturated rings. The van der Waals surface area contributed by atoms with Crippen LogP contribution in [0.25, 0.3) is 0 Å². The van der Waals surface area contributed by atoms with E-state index in [1.807, 2.05) is 0 Å². The maximum Gasteiger partial charge on any atom is 0.191 e. The molecular formula is C15H22N4S2. The minimum absolute atomic E-state index is 0.481. The van der Waals surface area contributed by atoms with Gasteiger partial charge in [0.15, 0.2) is 5.96 Å². The second-order valence-corrected chi connectivity index (χ2v) is 7.43. The first-order valence-electron chi connectivity index (χ1n) is 7.02. The second kappa shape index (κ2) is 7.56. The Bertz CT molecular complexity index is 598. The molecule has 2 aromatic rings. The molecule has 6 heteroatoms. The van der Waals surface area contributed by atoms with Crippen LogP contribution < -0.4 is 10.6 Å². The van der Waals surface area contributed by atoms with Gasteiger partial charge in [0.1, 0.15) is 5.01 Å². The molecule has 2 N–H and O–H groups in total. The highest BCUT2D eigenvalue weighted by atomic mass is 32.1. The molecule has 0 saturated heterocycles. The van der Waals surface area contributed by atoms with Crippen LogP contribution in [0.1, 0.15) is 40.2 Å². The van der Waals surface area contributed by atoms with E-state index < -0.39 is 0 Å². The van der Waals surface area contributed by atoms with E-state index in [1.54, 1.807) is 29.7 Å². The fourth-order valence-electron chi connectivity index (χ4n) is 1.80. The Hall–Kier alpha value is -1.40. The minimum Gasteiger partial charge on any atom is -0.352 e. The smallest absolute Gasteiger partial charge is 0.191 e. The Morgan fingerprint density at radius 2 is 2.05 bits per heavy atom. The number of rotatable bonds is 5. The number of hydrogen-bond donors (Lipinski definition) is 2. The van der Waals surface area contributed by atoms with E-state index >= 15 is 0 Å². The number of guanidine groups is 1. The van der Waals surface area contributed by atoms with Crippen molar-refractivity contribution < 1.29 is 0 Å². The summed E-state index contributed by atoms with van der Waals surface area (Å²) < 4.78 is 0. The molecule has 0 aliphatic carbocycles. The predicted molar refractivity (Wildman–Crippen MR) is 92.3 cm³/mol. The van der Waals surface area contributed by atoms with Crippen LogP contribution in [-0.2, 0) is 13.1 Å². The van der Waals surface area contributed by atoms with Crippen LogP contribution in [0.2, 0.25) is 0 Å². The molecule has 2 rings (SSSR count). The number of nitrogens with one attached hydrogen (secondary N) is 2. The van der Waals surface area contributed by atoms with Crippen LogP contribution in [0.3, 0.4) is 0 Å². The lowest BCUT2D eigenvalue weighted by Gasteiger charge is -2.09. The van der Waals surface area contributed by atoms with Crippen molar-refractivity contribution >= 4 is 28.6 Å². The van der Waals surface area contributed by atoms with E-state index in [-0.39, 0.29) is 0 Å². The van der Waals surface area contributed by atoms with Crippen LogP contribution >= 0.6 is 22.7 Å². The summed E-state index contributed by atoms with van der Waals surface area (Å²) in [5.74, 6) is 1.29. The van der Waals surface area contributed by atoms with Crippen molar-refractivity contribution in [2.45, 2.75) is 39.8 Å². The minimum atomic E-state index is 0.481. The first-order chi connectivity index (χ1) is 10.1. The molecule has 2 aromatic heterocycles. The molecule has 2 heterocycles. The zero-order valence-electron chi connectivity index (χ0n) is 12.9. The Kier molecular flexibility index (Phi) is 5.76. The number of aliphatic imine (C=N–C) groups is 1. The van der Waals surface area contributed by atoms with Gasteiger partial charge in [-0.05, 0) is 25.0 Å². The number of hydrogen-bond acceptors (Lipinski definition) is 4. The molecule has 0 aliphatic heterocycles. The lowest BCUT2D eigenvalue weighted by Crippen LogP contribution is -2.36. The van der Waals surface area contributed by atoms with Gasteiger partial charge >= 0.3 is 0 Å². The molecule has 0 spiro atoms. The van der Waals surface area contributed by atoms with Crippen LogP contribution in [0.4, 0.5) is 0 Å². The second-order valence-electron chi connectivity index (χ2n) is 5.11. The SMILES string of the molecule is CN=C(NCc1ccc(C)s1)NCc1nc(C(C)C)cs1. The van der Waals surface area contributed by atoms with E-state index in [0.717, 1.165) is 23.2 Å². The van der Waals surface area contributed by atoms with Crippen molar-refractivity contribution in [1.82, 2.24) is 15.6 Å². The number of thiazole rings is 1. The fourth-order valence-corrected chi connectivity index (χ4v) is 3.53. The van der Waals surface area contributed by atoms with Gasteiger partial charge in [0, 0.05) is 22.2 Å². The lowest BCUT2D eigenvalue weighted by molar-refractivity contribution is 0.788. The van der Waals surface area contributed by atoms with Gasteiger partial charge in [0.2, 0.25) is 0 Å². The molecule has 0 amide bonds. The van der Waals surface area contributed by atoms with Gasteiger partial charge in [-0.25, -0.2) is 4.98 Å². The quantitative estimate of drug-likeness (QED) is 0.654. The third kappa shape index (κ3) is 4.82. The lowest BCUT2D eigenvalue weighted by atomic mass is 10.2. The Morgan fingerprint density at radius 1 is 1.29 bits per heavy atom. The van der Waals surface area contributed by atoms with Gasteiger partial charge in [0.05, 0.1) is 18.8 Å². The first-order valence-corrected chi connectivity index (χ1v) is 8.72. The number of aromatic nitrogens is 1. The largest absolute Gasteiger partial charge is 0.352 e. The van der Waals surface area contributed by atoms with E-state index in [0.29, 0.717) is 12.5 Å². The molecule has 0 radical (unpaired) electrons.